The molecule has 0 amide bonds. The summed E-state index contributed by atoms with van der Waals surface area (Å²) in [6.45, 7) is 0.372. The van der Waals surface area contributed by atoms with Gasteiger partial charge in [0, 0.05) is 6.07 Å². The molecule has 0 aliphatic heterocycles. The number of hydrogen-bond donors (Lipinski definition) is 4. The second-order valence-corrected chi connectivity index (χ2v) is 2.84. The van der Waals surface area contributed by atoms with E-state index in [2.05, 4.69) is 35.4 Å². The van der Waals surface area contributed by atoms with E-state index in [4.69, 9.17) is 11.6 Å². The highest BCUT2D eigenvalue weighted by atomic mass is 16.5. The average molecular weight is 222 g/mol. The first-order valence-electron chi connectivity index (χ1n) is 4.38. The van der Waals surface area contributed by atoms with Crippen molar-refractivity contribution in [1.29, 1.82) is 0 Å². The van der Waals surface area contributed by atoms with Gasteiger partial charge in [-0.05, 0) is 0 Å². The molecule has 2 aromatic rings. The monoisotopic (exact) mass is 222 g/mol. The van der Waals surface area contributed by atoms with Crippen molar-refractivity contribution in [2.45, 2.75) is 6.54 Å². The molecule has 0 unspecified atom stereocenters. The highest BCUT2D eigenvalue weighted by Crippen LogP contribution is 2.11. The van der Waals surface area contributed by atoms with Gasteiger partial charge in [-0.2, -0.15) is 15.0 Å². The second-order valence-electron chi connectivity index (χ2n) is 2.84. The van der Waals surface area contributed by atoms with Crippen LogP contribution in [0.5, 0.6) is 0 Å². The van der Waals surface area contributed by atoms with E-state index < -0.39 is 0 Å². The highest BCUT2D eigenvalue weighted by molar-refractivity contribution is 5.50. The summed E-state index contributed by atoms with van der Waals surface area (Å²) in [5.41, 5.74) is 7.86. The molecule has 0 aromatic carbocycles. The van der Waals surface area contributed by atoms with Crippen molar-refractivity contribution in [1.82, 2.24) is 20.1 Å². The molecule has 0 saturated heterocycles. The van der Waals surface area contributed by atoms with Crippen LogP contribution in [-0.4, -0.2) is 20.1 Å². The minimum absolute atomic E-state index is 0.117. The normalized spacial score (nSPS) is 10.1. The van der Waals surface area contributed by atoms with Crippen molar-refractivity contribution in [3.8, 4) is 0 Å². The first kappa shape index (κ1) is 10.1. The lowest BCUT2D eigenvalue weighted by Gasteiger charge is -2.05. The van der Waals surface area contributed by atoms with Crippen molar-refractivity contribution in [2.75, 3.05) is 16.5 Å². The fraction of sp³-hybridized carbons (Fsp3) is 0.143. The number of nitrogens with one attached hydrogen (secondary N) is 2. The number of nitrogens with zero attached hydrogens (tertiary/aromatic N) is 4. The molecule has 16 heavy (non-hydrogen) atoms. The number of hydrogen-bond acceptors (Lipinski definition) is 9. The number of nitrogen functional groups attached to an aromatic ring is 2. The summed E-state index contributed by atoms with van der Waals surface area (Å²) in [4.78, 5) is 11.6. The van der Waals surface area contributed by atoms with Crippen LogP contribution < -0.4 is 22.3 Å². The fourth-order valence-electron chi connectivity index (χ4n) is 1.07. The second kappa shape index (κ2) is 4.40. The zero-order valence-corrected chi connectivity index (χ0v) is 8.21. The third kappa shape index (κ3) is 2.33. The average Bonchev–Trinajstić information content (AvgIpc) is 2.78. The Kier molecular flexibility index (Phi) is 2.78. The molecule has 0 fully saturated rings. The molecule has 2 aromatic heterocycles. The van der Waals surface area contributed by atoms with Crippen molar-refractivity contribution >= 4 is 17.6 Å². The zero-order chi connectivity index (χ0) is 11.4. The topological polar surface area (TPSA) is 141 Å². The van der Waals surface area contributed by atoms with E-state index in [-0.39, 0.29) is 5.95 Å². The van der Waals surface area contributed by atoms with Gasteiger partial charge in [0.2, 0.25) is 12.3 Å². The number of hydrazine groups is 1. The summed E-state index contributed by atoms with van der Waals surface area (Å²) in [5.74, 6) is 6.78. The Morgan fingerprint density at radius 3 is 2.81 bits per heavy atom. The van der Waals surface area contributed by atoms with Crippen molar-refractivity contribution < 1.29 is 4.52 Å². The van der Waals surface area contributed by atoms with Crippen LogP contribution in [0.2, 0.25) is 0 Å². The minimum atomic E-state index is 0.117. The Morgan fingerprint density at radius 1 is 1.31 bits per heavy atom. The van der Waals surface area contributed by atoms with Gasteiger partial charge in [-0.25, -0.2) is 5.84 Å². The molecule has 0 aliphatic carbocycles. The van der Waals surface area contributed by atoms with Gasteiger partial charge in [0.15, 0.2) is 5.82 Å². The van der Waals surface area contributed by atoms with E-state index >= 15 is 0 Å². The molecule has 0 bridgehead atoms. The van der Waals surface area contributed by atoms with E-state index in [0.29, 0.717) is 24.0 Å². The van der Waals surface area contributed by atoms with Crippen LogP contribution in [0.25, 0.3) is 0 Å². The molecule has 0 aliphatic rings. The van der Waals surface area contributed by atoms with Gasteiger partial charge in [0.1, 0.15) is 11.6 Å². The molecular formula is C7H10N8O. The smallest absolute Gasteiger partial charge is 0.223 e. The van der Waals surface area contributed by atoms with Crippen molar-refractivity contribution in [3.05, 3.63) is 18.3 Å². The van der Waals surface area contributed by atoms with Crippen LogP contribution in [-0.2, 0) is 6.54 Å². The predicted octanol–water partition coefficient (Wildman–Crippen LogP) is -0.661. The third-order valence-corrected chi connectivity index (χ3v) is 1.73. The van der Waals surface area contributed by atoms with Crippen LogP contribution >= 0.6 is 0 Å². The van der Waals surface area contributed by atoms with Crippen LogP contribution in [0.15, 0.2) is 17.0 Å². The molecule has 9 heteroatoms. The molecule has 9 nitrogen and oxygen atoms in total. The standard InChI is InChI=1S/C7H10N8O/c8-7-12-4(1-5(13-7)14-9)10-2-6-11-3-16-15-6/h1,3H,2,9H2,(H4,8,10,12,13,14). The molecule has 0 spiro atoms. The van der Waals surface area contributed by atoms with E-state index in [1.54, 1.807) is 6.07 Å². The van der Waals surface area contributed by atoms with E-state index in [1.165, 1.54) is 6.39 Å². The lowest BCUT2D eigenvalue weighted by atomic mass is 10.5. The molecule has 0 radical (unpaired) electrons. The Hall–Kier alpha value is -2.42. The number of anilines is 3. The Morgan fingerprint density at radius 2 is 2.12 bits per heavy atom. The Bertz CT molecular complexity index is 455. The summed E-state index contributed by atoms with van der Waals surface area (Å²) in [6, 6.07) is 1.61. The molecule has 84 valence electrons. The Balaban J connectivity index is 2.06. The van der Waals surface area contributed by atoms with Gasteiger partial charge in [-0.1, -0.05) is 5.16 Å². The molecule has 2 heterocycles. The predicted molar refractivity (Wildman–Crippen MR) is 55.9 cm³/mol. The van der Waals surface area contributed by atoms with Crippen molar-refractivity contribution in [2.24, 2.45) is 5.84 Å². The Labute approximate surface area is 90.2 Å². The third-order valence-electron chi connectivity index (χ3n) is 1.73. The van der Waals surface area contributed by atoms with Gasteiger partial charge in [0.25, 0.3) is 0 Å². The van der Waals surface area contributed by atoms with Crippen LogP contribution in [0.3, 0.4) is 0 Å². The summed E-state index contributed by atoms with van der Waals surface area (Å²) < 4.78 is 4.58. The van der Waals surface area contributed by atoms with Crippen LogP contribution in [0.4, 0.5) is 17.6 Å². The molecule has 0 saturated carbocycles. The van der Waals surface area contributed by atoms with Crippen molar-refractivity contribution in [3.63, 3.8) is 0 Å². The minimum Gasteiger partial charge on any atom is -0.368 e. The number of rotatable bonds is 4. The molecule has 2 rings (SSSR count). The summed E-state index contributed by atoms with van der Waals surface area (Å²) in [6.07, 6.45) is 1.25. The highest BCUT2D eigenvalue weighted by Gasteiger charge is 2.02. The van der Waals surface area contributed by atoms with Gasteiger partial charge in [-0.3, -0.25) is 0 Å². The number of aromatic nitrogens is 4. The maximum Gasteiger partial charge on any atom is 0.223 e. The van der Waals surface area contributed by atoms with Gasteiger partial charge >= 0.3 is 0 Å². The fourth-order valence-corrected chi connectivity index (χ4v) is 1.07. The van der Waals surface area contributed by atoms with E-state index in [9.17, 15) is 0 Å². The van der Waals surface area contributed by atoms with Gasteiger partial charge in [0.05, 0.1) is 6.54 Å². The van der Waals surface area contributed by atoms with E-state index in [0.717, 1.165) is 0 Å². The molecule has 0 atom stereocenters. The lowest BCUT2D eigenvalue weighted by molar-refractivity contribution is 0.411. The molecule has 6 N–H and O–H groups in total. The maximum atomic E-state index is 5.48. The molecular weight excluding hydrogens is 212 g/mol. The number of nitrogens with two attached hydrogens (primary N) is 2. The zero-order valence-electron chi connectivity index (χ0n) is 8.21. The SMILES string of the molecule is NNc1cc(NCc2ncon2)nc(N)n1. The summed E-state index contributed by atoms with van der Waals surface area (Å²) in [5, 5.41) is 6.58. The van der Waals surface area contributed by atoms with Gasteiger partial charge < -0.3 is 21.0 Å². The van der Waals surface area contributed by atoms with Crippen LogP contribution in [0.1, 0.15) is 5.82 Å². The summed E-state index contributed by atoms with van der Waals surface area (Å²) >= 11 is 0. The summed E-state index contributed by atoms with van der Waals surface area (Å²) in [7, 11) is 0. The van der Waals surface area contributed by atoms with Gasteiger partial charge in [-0.15, -0.1) is 0 Å². The van der Waals surface area contributed by atoms with Crippen LogP contribution in [0, 0.1) is 0 Å². The largest absolute Gasteiger partial charge is 0.368 e. The quantitative estimate of drug-likeness (QED) is 0.391. The van der Waals surface area contributed by atoms with E-state index in [1.807, 2.05) is 0 Å². The first-order chi connectivity index (χ1) is 7.78. The lowest BCUT2D eigenvalue weighted by Crippen LogP contribution is -2.12. The first-order valence-corrected chi connectivity index (χ1v) is 4.38. The maximum absolute atomic E-state index is 5.48.